The molecule has 0 aromatic heterocycles. The first-order chi connectivity index (χ1) is 4.83. The minimum Gasteiger partial charge on any atom is -0.0996 e. The lowest BCUT2D eigenvalue weighted by atomic mass is 9.66. The first kappa shape index (κ1) is 10.7. The molecule has 0 heterocycles. The third-order valence-electron chi connectivity index (χ3n) is 3.32. The van der Waals surface area contributed by atoms with Gasteiger partial charge in [-0.1, -0.05) is 46.8 Å². The summed E-state index contributed by atoms with van der Waals surface area (Å²) < 4.78 is 0. The second-order valence-electron chi connectivity index (χ2n) is 4.37. The van der Waals surface area contributed by atoms with E-state index < -0.39 is 0 Å². The highest BCUT2D eigenvalue weighted by Gasteiger charge is 2.32. The largest absolute Gasteiger partial charge is 0.0996 e. The van der Waals surface area contributed by atoms with Gasteiger partial charge in [0.05, 0.1) is 0 Å². The van der Waals surface area contributed by atoms with Crippen LogP contribution in [0.5, 0.6) is 0 Å². The van der Waals surface area contributed by atoms with Crippen LogP contribution in [0.25, 0.3) is 0 Å². The van der Waals surface area contributed by atoms with E-state index in [0.29, 0.717) is 17.3 Å². The maximum Gasteiger partial charge on any atom is -0.00759 e. The number of hydrogen-bond donors (Lipinski definition) is 0. The van der Waals surface area contributed by atoms with E-state index in [1.165, 1.54) is 5.57 Å². The zero-order chi connectivity index (χ0) is 9.23. The van der Waals surface area contributed by atoms with Crippen LogP contribution < -0.4 is 0 Å². The smallest absolute Gasteiger partial charge is 0.00759 e. The van der Waals surface area contributed by atoms with Gasteiger partial charge in [-0.25, -0.2) is 0 Å². The van der Waals surface area contributed by atoms with Crippen LogP contribution in [0.2, 0.25) is 0 Å². The minimum atomic E-state index is 0.306. The molecule has 0 amide bonds. The van der Waals surface area contributed by atoms with Crippen LogP contribution in [0.1, 0.15) is 41.5 Å². The number of hydrogen-bond acceptors (Lipinski definition) is 0. The van der Waals surface area contributed by atoms with E-state index in [2.05, 4.69) is 48.1 Å². The molecule has 0 nitrogen and oxygen atoms in total. The molecule has 0 aromatic rings. The van der Waals surface area contributed by atoms with Crippen molar-refractivity contribution in [1.82, 2.24) is 0 Å². The Morgan fingerprint density at radius 3 is 1.36 bits per heavy atom. The summed E-state index contributed by atoms with van der Waals surface area (Å²) >= 11 is 0. The molecule has 0 saturated heterocycles. The second kappa shape index (κ2) is 3.42. The van der Waals surface area contributed by atoms with Gasteiger partial charge in [-0.2, -0.15) is 0 Å². The standard InChI is InChI=1S/C11H22/c1-8(2)11(7,9(3)4)10(5)6/h9-10H,1H2,2-7H3. The lowest BCUT2D eigenvalue weighted by Crippen LogP contribution is -2.30. The molecule has 0 bridgehead atoms. The van der Waals surface area contributed by atoms with Gasteiger partial charge in [0, 0.05) is 0 Å². The summed E-state index contributed by atoms with van der Waals surface area (Å²) in [4.78, 5) is 0. The molecule has 0 heteroatoms. The summed E-state index contributed by atoms with van der Waals surface area (Å²) in [6.45, 7) is 17.6. The molecule has 0 saturated carbocycles. The van der Waals surface area contributed by atoms with Gasteiger partial charge in [0.15, 0.2) is 0 Å². The maximum atomic E-state index is 4.07. The average Bonchev–Trinajstić information content (AvgIpc) is 1.84. The summed E-state index contributed by atoms with van der Waals surface area (Å²) in [6, 6.07) is 0. The number of rotatable bonds is 3. The van der Waals surface area contributed by atoms with Crippen LogP contribution in [0.4, 0.5) is 0 Å². The molecule has 0 atom stereocenters. The van der Waals surface area contributed by atoms with Crippen LogP contribution in [-0.4, -0.2) is 0 Å². The van der Waals surface area contributed by atoms with Crippen LogP contribution in [0.15, 0.2) is 12.2 Å². The zero-order valence-corrected chi connectivity index (χ0v) is 8.86. The highest BCUT2D eigenvalue weighted by molar-refractivity contribution is 5.08. The molecule has 0 aliphatic carbocycles. The minimum absolute atomic E-state index is 0.306. The van der Waals surface area contributed by atoms with Gasteiger partial charge in [-0.15, -0.1) is 0 Å². The normalized spacial score (nSPS) is 12.7. The topological polar surface area (TPSA) is 0 Å². The SMILES string of the molecule is C=C(C)C(C)(C(C)C)C(C)C. The first-order valence-electron chi connectivity index (χ1n) is 4.49. The Morgan fingerprint density at radius 2 is 1.36 bits per heavy atom. The molecule has 0 aliphatic heterocycles. The van der Waals surface area contributed by atoms with Crippen molar-refractivity contribution in [3.8, 4) is 0 Å². The van der Waals surface area contributed by atoms with Gasteiger partial charge >= 0.3 is 0 Å². The number of allylic oxidation sites excluding steroid dienone is 1. The van der Waals surface area contributed by atoms with Gasteiger partial charge in [0.25, 0.3) is 0 Å². The predicted molar refractivity (Wildman–Crippen MR) is 52.6 cm³/mol. The average molecular weight is 154 g/mol. The van der Waals surface area contributed by atoms with Gasteiger partial charge in [-0.3, -0.25) is 0 Å². The van der Waals surface area contributed by atoms with Crippen molar-refractivity contribution < 1.29 is 0 Å². The monoisotopic (exact) mass is 154 g/mol. The molecule has 11 heavy (non-hydrogen) atoms. The fourth-order valence-corrected chi connectivity index (χ4v) is 1.65. The fourth-order valence-electron chi connectivity index (χ4n) is 1.65. The third-order valence-corrected chi connectivity index (χ3v) is 3.32. The summed E-state index contributed by atoms with van der Waals surface area (Å²) in [5.74, 6) is 1.36. The van der Waals surface area contributed by atoms with Crippen molar-refractivity contribution in [2.24, 2.45) is 17.3 Å². The lowest BCUT2D eigenvalue weighted by Gasteiger charge is -2.38. The van der Waals surface area contributed by atoms with E-state index in [9.17, 15) is 0 Å². The van der Waals surface area contributed by atoms with Crippen molar-refractivity contribution >= 4 is 0 Å². The Balaban J connectivity index is 4.67. The molecule has 0 aromatic carbocycles. The molecule has 0 N–H and O–H groups in total. The summed E-state index contributed by atoms with van der Waals surface area (Å²) in [5.41, 5.74) is 1.61. The van der Waals surface area contributed by atoms with Crippen molar-refractivity contribution in [2.75, 3.05) is 0 Å². The first-order valence-corrected chi connectivity index (χ1v) is 4.49. The van der Waals surface area contributed by atoms with Gasteiger partial charge in [0.2, 0.25) is 0 Å². The van der Waals surface area contributed by atoms with Crippen LogP contribution in [0, 0.1) is 17.3 Å². The highest BCUT2D eigenvalue weighted by atomic mass is 14.4. The second-order valence-corrected chi connectivity index (χ2v) is 4.37. The van der Waals surface area contributed by atoms with Gasteiger partial charge in [0.1, 0.15) is 0 Å². The van der Waals surface area contributed by atoms with Gasteiger partial charge < -0.3 is 0 Å². The summed E-state index contributed by atoms with van der Waals surface area (Å²) in [5, 5.41) is 0. The Hall–Kier alpha value is -0.260. The lowest BCUT2D eigenvalue weighted by molar-refractivity contribution is 0.189. The molecule has 0 rings (SSSR count). The van der Waals surface area contributed by atoms with Crippen LogP contribution in [0.3, 0.4) is 0 Å². The van der Waals surface area contributed by atoms with Crippen molar-refractivity contribution in [3.63, 3.8) is 0 Å². The Bertz CT molecular complexity index is 132. The molecule has 0 fully saturated rings. The molecule has 0 radical (unpaired) electrons. The van der Waals surface area contributed by atoms with E-state index in [-0.39, 0.29) is 0 Å². The molecule has 0 unspecified atom stereocenters. The van der Waals surface area contributed by atoms with E-state index in [1.807, 2.05) is 0 Å². The Labute approximate surface area is 71.7 Å². The molecular formula is C11H22. The summed E-state index contributed by atoms with van der Waals surface area (Å²) in [7, 11) is 0. The Morgan fingerprint density at radius 1 is 1.09 bits per heavy atom. The van der Waals surface area contributed by atoms with E-state index in [4.69, 9.17) is 0 Å². The van der Waals surface area contributed by atoms with Crippen molar-refractivity contribution in [1.29, 1.82) is 0 Å². The molecule has 0 aliphatic rings. The zero-order valence-electron chi connectivity index (χ0n) is 8.86. The van der Waals surface area contributed by atoms with Crippen molar-refractivity contribution in [2.45, 2.75) is 41.5 Å². The fraction of sp³-hybridized carbons (Fsp3) is 0.818. The van der Waals surface area contributed by atoms with Crippen LogP contribution >= 0.6 is 0 Å². The Kier molecular flexibility index (Phi) is 3.34. The maximum absolute atomic E-state index is 4.07. The molecule has 0 spiro atoms. The molecule has 66 valence electrons. The quantitative estimate of drug-likeness (QED) is 0.541. The van der Waals surface area contributed by atoms with Crippen molar-refractivity contribution in [3.05, 3.63) is 12.2 Å². The predicted octanol–water partition coefficient (Wildman–Crippen LogP) is 3.88. The molecular weight excluding hydrogens is 132 g/mol. The van der Waals surface area contributed by atoms with E-state index in [1.54, 1.807) is 0 Å². The van der Waals surface area contributed by atoms with E-state index >= 15 is 0 Å². The van der Waals surface area contributed by atoms with Gasteiger partial charge in [-0.05, 0) is 24.2 Å². The summed E-state index contributed by atoms with van der Waals surface area (Å²) in [6.07, 6.45) is 0. The van der Waals surface area contributed by atoms with E-state index in [0.717, 1.165) is 0 Å². The third kappa shape index (κ3) is 1.85. The highest BCUT2D eigenvalue weighted by Crippen LogP contribution is 2.40. The van der Waals surface area contributed by atoms with Crippen LogP contribution in [-0.2, 0) is 0 Å².